The van der Waals surface area contributed by atoms with Gasteiger partial charge in [0, 0.05) is 17.3 Å². The molecule has 1 aliphatic carbocycles. The van der Waals surface area contributed by atoms with E-state index in [4.69, 9.17) is 0 Å². The highest BCUT2D eigenvalue weighted by atomic mass is 32.2. The zero-order chi connectivity index (χ0) is 39.3. The van der Waals surface area contributed by atoms with E-state index in [-0.39, 0.29) is 39.2 Å². The van der Waals surface area contributed by atoms with Crippen molar-refractivity contribution in [1.82, 2.24) is 0 Å². The molecular weight excluding hydrogens is 713 g/mol. The molecule has 54 heavy (non-hydrogen) atoms. The molecule has 0 bridgehead atoms. The molecule has 0 radical (unpaired) electrons. The normalized spacial score (nSPS) is 26.0. The Hall–Kier alpha value is -3.53. The van der Waals surface area contributed by atoms with Crippen LogP contribution >= 0.6 is 0 Å². The molecule has 4 aromatic rings. The maximum atomic E-state index is 14.1. The van der Waals surface area contributed by atoms with Crippen molar-refractivity contribution in [2.24, 2.45) is 10.8 Å². The van der Waals surface area contributed by atoms with E-state index in [0.29, 0.717) is 18.4 Å². The number of aryl methyl sites for hydroxylation is 1. The molecule has 1 aliphatic heterocycles. The van der Waals surface area contributed by atoms with Crippen molar-refractivity contribution in [3.05, 3.63) is 136 Å². The Bertz CT molecular complexity index is 1970. The van der Waals surface area contributed by atoms with Crippen LogP contribution in [0.3, 0.4) is 0 Å². The summed E-state index contributed by atoms with van der Waals surface area (Å²) >= 11 is 0. The van der Waals surface area contributed by atoms with E-state index < -0.39 is 45.0 Å². The summed E-state index contributed by atoms with van der Waals surface area (Å²) in [4.78, 5) is 0.0501. The lowest BCUT2D eigenvalue weighted by molar-refractivity contribution is -0.00159. The van der Waals surface area contributed by atoms with Crippen molar-refractivity contribution < 1.29 is 36.2 Å². The lowest BCUT2D eigenvalue weighted by Crippen LogP contribution is -2.42. The van der Waals surface area contributed by atoms with Crippen LogP contribution in [0.2, 0.25) is 0 Å². The molecule has 4 aromatic carbocycles. The average Bonchev–Trinajstić information content (AvgIpc) is 3.31. The number of rotatable bonds is 10. The lowest BCUT2D eigenvalue weighted by Gasteiger charge is -2.40. The third-order valence-electron chi connectivity index (χ3n) is 12.3. The smallest absolute Gasteiger partial charge is 0.179 e. The summed E-state index contributed by atoms with van der Waals surface area (Å²) in [6, 6.07) is 20.4. The van der Waals surface area contributed by atoms with Gasteiger partial charge in [-0.2, -0.15) is 0 Å². The molecule has 6 atom stereocenters. The Morgan fingerprint density at radius 2 is 1.06 bits per heavy atom. The first-order chi connectivity index (χ1) is 25.7. The first kappa shape index (κ1) is 41.6. The van der Waals surface area contributed by atoms with Gasteiger partial charge in [-0.15, -0.1) is 0 Å². The molecule has 9 heteroatoms. The van der Waals surface area contributed by atoms with Crippen LogP contribution < -0.4 is 0 Å². The number of aliphatic hydroxyl groups is 2. The van der Waals surface area contributed by atoms with Gasteiger partial charge < -0.3 is 10.2 Å². The highest BCUT2D eigenvalue weighted by Gasteiger charge is 2.49. The molecule has 2 aliphatic rings. The second-order valence-electron chi connectivity index (χ2n) is 15.4. The van der Waals surface area contributed by atoms with Gasteiger partial charge in [0.05, 0.1) is 22.9 Å². The molecule has 0 unspecified atom stereocenters. The van der Waals surface area contributed by atoms with Crippen molar-refractivity contribution in [3.8, 4) is 0 Å². The predicted octanol–water partition coefficient (Wildman–Crippen LogP) is 10.8. The van der Waals surface area contributed by atoms with Gasteiger partial charge in [0.25, 0.3) is 0 Å². The fraction of sp³-hybridized carbons (Fsp3) is 0.467. The van der Waals surface area contributed by atoms with Crippen LogP contribution in [-0.4, -0.2) is 36.6 Å². The highest BCUT2D eigenvalue weighted by molar-refractivity contribution is 7.91. The van der Waals surface area contributed by atoms with Crippen LogP contribution in [0.25, 0.3) is 0 Å². The number of unbranched alkanes of at least 4 members (excludes halogenated alkanes) is 2. The van der Waals surface area contributed by atoms with Gasteiger partial charge in [-0.25, -0.2) is 26.0 Å². The number of hydrogen-bond donors (Lipinski definition) is 2. The van der Waals surface area contributed by atoms with Crippen LogP contribution in [0.5, 0.6) is 0 Å². The van der Waals surface area contributed by atoms with Crippen molar-refractivity contribution in [2.75, 3.05) is 5.75 Å². The largest absolute Gasteiger partial charge is 0.392 e. The van der Waals surface area contributed by atoms with Gasteiger partial charge in [0.15, 0.2) is 9.84 Å². The zero-order valence-corrected chi connectivity index (χ0v) is 32.6. The van der Waals surface area contributed by atoms with E-state index in [0.717, 1.165) is 74.1 Å². The van der Waals surface area contributed by atoms with Crippen LogP contribution in [0.4, 0.5) is 17.6 Å². The van der Waals surface area contributed by atoms with E-state index in [1.807, 2.05) is 19.9 Å². The van der Waals surface area contributed by atoms with Gasteiger partial charge in [0.1, 0.15) is 23.3 Å². The number of sulfone groups is 1. The summed E-state index contributed by atoms with van der Waals surface area (Å²) in [6.07, 6.45) is 6.72. The molecule has 0 aromatic heterocycles. The van der Waals surface area contributed by atoms with E-state index in [1.54, 1.807) is 18.2 Å². The second-order valence-corrected chi connectivity index (χ2v) is 17.3. The topological polar surface area (TPSA) is 74.6 Å². The maximum absolute atomic E-state index is 14.1. The number of hydrogen-bond acceptors (Lipinski definition) is 4. The van der Waals surface area contributed by atoms with Gasteiger partial charge in [-0.1, -0.05) is 83.7 Å². The number of aliphatic hydroxyl groups excluding tert-OH is 2. The molecule has 0 spiro atoms. The molecule has 1 heterocycles. The van der Waals surface area contributed by atoms with Crippen LogP contribution in [0, 0.1) is 34.1 Å². The Morgan fingerprint density at radius 1 is 0.611 bits per heavy atom. The second kappa shape index (κ2) is 17.5. The van der Waals surface area contributed by atoms with E-state index in [1.165, 1.54) is 54.6 Å². The van der Waals surface area contributed by atoms with E-state index in [9.17, 15) is 36.2 Å². The molecule has 292 valence electrons. The maximum Gasteiger partial charge on any atom is 0.179 e. The summed E-state index contributed by atoms with van der Waals surface area (Å²) in [5.41, 5.74) is 2.54. The van der Waals surface area contributed by atoms with Crippen molar-refractivity contribution in [2.45, 2.75) is 121 Å². The predicted molar refractivity (Wildman–Crippen MR) is 206 cm³/mol. The summed E-state index contributed by atoms with van der Waals surface area (Å²) in [5.74, 6) is -2.85. The quantitative estimate of drug-likeness (QED) is 0.0958. The van der Waals surface area contributed by atoms with Crippen molar-refractivity contribution in [3.63, 3.8) is 0 Å². The first-order valence-electron chi connectivity index (χ1n) is 19.4. The number of fused-ring (bicyclic) bond motifs is 2. The minimum absolute atomic E-state index is 0.0501. The Labute approximate surface area is 318 Å². The van der Waals surface area contributed by atoms with E-state index >= 15 is 0 Å². The highest BCUT2D eigenvalue weighted by Crippen LogP contribution is 2.50. The Morgan fingerprint density at radius 3 is 1.57 bits per heavy atom. The monoisotopic (exact) mass is 766 g/mol. The molecule has 6 rings (SSSR count). The summed E-state index contributed by atoms with van der Waals surface area (Å²) < 4.78 is 81.5. The SMILES string of the molecule is CCCC[C@]1(CC)CCc2ccc(F)cc2[C@@H](c2ccc(F)cc2)[C@H]1O.CCCC[C@]1(CC)CS(=O)(=O)c2ccc(F)cc2[C@H](c2ccc(F)cc2)[C@@H]1O. The fourth-order valence-corrected chi connectivity index (χ4v) is 11.2. The number of halogens is 4. The van der Waals surface area contributed by atoms with Crippen LogP contribution in [0.1, 0.15) is 125 Å². The van der Waals surface area contributed by atoms with Crippen LogP contribution in [0.15, 0.2) is 89.8 Å². The standard InChI is InChI=1S/C23H28F2O.C22H26F2O3S/c1-3-5-13-23(4-2)14-12-16-6-11-19(25)15-20(16)21(22(23)26)17-7-9-18(24)10-8-17;1-3-5-12-22(4-2)14-28(26,27)19-11-10-17(24)13-18(19)20(21(22)25)15-6-8-16(23)9-7-15/h6-11,15,21-22,26H,3-5,12-14H2,1-2H3;6-11,13,20-21,25H,3-5,12,14H2,1-2H3/t21-,22-,23-;20-,21-,22+/m10/s1. The molecule has 4 nitrogen and oxygen atoms in total. The van der Waals surface area contributed by atoms with Gasteiger partial charge in [0.2, 0.25) is 0 Å². The molecule has 0 saturated carbocycles. The third-order valence-corrected chi connectivity index (χ3v) is 14.3. The Kier molecular flexibility index (Phi) is 13.5. The van der Waals surface area contributed by atoms with Crippen LogP contribution in [-0.2, 0) is 16.3 Å². The van der Waals surface area contributed by atoms with Crippen molar-refractivity contribution >= 4 is 9.84 Å². The minimum Gasteiger partial charge on any atom is -0.392 e. The molecule has 2 N–H and O–H groups in total. The van der Waals surface area contributed by atoms with Gasteiger partial charge >= 0.3 is 0 Å². The molecular formula is C45H54F4O4S. The Balaban J connectivity index is 0.000000208. The zero-order valence-electron chi connectivity index (χ0n) is 31.8. The average molecular weight is 767 g/mol. The summed E-state index contributed by atoms with van der Waals surface area (Å²) in [7, 11) is -3.73. The fourth-order valence-electron chi connectivity index (χ4n) is 8.91. The van der Waals surface area contributed by atoms with Crippen molar-refractivity contribution in [1.29, 1.82) is 0 Å². The minimum atomic E-state index is -3.73. The molecule has 0 saturated heterocycles. The number of benzene rings is 4. The van der Waals surface area contributed by atoms with Gasteiger partial charge in [-0.05, 0) is 126 Å². The first-order valence-corrected chi connectivity index (χ1v) is 21.1. The third kappa shape index (κ3) is 8.63. The summed E-state index contributed by atoms with van der Waals surface area (Å²) in [6.45, 7) is 8.19. The lowest BCUT2D eigenvalue weighted by atomic mass is 9.67. The molecule has 0 amide bonds. The van der Waals surface area contributed by atoms with E-state index in [2.05, 4.69) is 13.8 Å². The molecule has 0 fully saturated rings. The van der Waals surface area contributed by atoms with Gasteiger partial charge in [-0.3, -0.25) is 0 Å². The summed E-state index contributed by atoms with van der Waals surface area (Å²) in [5, 5.41) is 23.0.